The van der Waals surface area contributed by atoms with Gasteiger partial charge in [0.25, 0.3) is 5.69 Å². The number of carbonyl (C=O) groups is 1. The van der Waals surface area contributed by atoms with E-state index in [1.54, 1.807) is 11.8 Å². The summed E-state index contributed by atoms with van der Waals surface area (Å²) in [5.41, 5.74) is -0.264. The largest absolute Gasteiger partial charge is 0.378 e. The number of nitrogens with one attached hydrogen (secondary N) is 1. The molecular formula is C13H16FN3O4. The zero-order valence-corrected chi connectivity index (χ0v) is 11.5. The van der Waals surface area contributed by atoms with Gasteiger partial charge >= 0.3 is 0 Å². The third kappa shape index (κ3) is 3.66. The fourth-order valence-electron chi connectivity index (χ4n) is 2.09. The summed E-state index contributed by atoms with van der Waals surface area (Å²) in [7, 11) is 0. The van der Waals surface area contributed by atoms with Gasteiger partial charge in [0.05, 0.1) is 29.9 Å². The maximum Gasteiger partial charge on any atom is 0.272 e. The number of non-ortho nitro benzene ring substituents is 1. The minimum atomic E-state index is -0.758. The van der Waals surface area contributed by atoms with E-state index in [4.69, 9.17) is 4.74 Å². The van der Waals surface area contributed by atoms with Crippen LogP contribution in [-0.2, 0) is 9.53 Å². The number of nitro benzene ring substituents is 1. The van der Waals surface area contributed by atoms with Crippen molar-refractivity contribution in [3.05, 3.63) is 34.1 Å². The van der Waals surface area contributed by atoms with Crippen LogP contribution >= 0.6 is 0 Å². The summed E-state index contributed by atoms with van der Waals surface area (Å²) < 4.78 is 18.9. The van der Waals surface area contributed by atoms with Gasteiger partial charge in [0.1, 0.15) is 6.04 Å². The third-order valence-electron chi connectivity index (χ3n) is 3.23. The molecule has 1 N–H and O–H groups in total. The Labute approximate surface area is 120 Å². The lowest BCUT2D eigenvalue weighted by atomic mass is 10.2. The summed E-state index contributed by atoms with van der Waals surface area (Å²) in [5.74, 6) is -0.915. The zero-order valence-electron chi connectivity index (χ0n) is 11.5. The van der Waals surface area contributed by atoms with Crippen molar-refractivity contribution in [2.24, 2.45) is 0 Å². The lowest BCUT2D eigenvalue weighted by molar-refractivity contribution is -0.385. The minimum absolute atomic E-state index is 0.0645. The van der Waals surface area contributed by atoms with E-state index in [0.717, 1.165) is 6.07 Å². The highest BCUT2D eigenvalue weighted by Crippen LogP contribution is 2.21. The average molecular weight is 297 g/mol. The van der Waals surface area contributed by atoms with Crippen LogP contribution in [0.25, 0.3) is 0 Å². The topological polar surface area (TPSA) is 84.7 Å². The second-order valence-corrected chi connectivity index (χ2v) is 4.72. The lowest BCUT2D eigenvalue weighted by Crippen LogP contribution is -2.47. The fraction of sp³-hybridized carbons (Fsp3) is 0.462. The van der Waals surface area contributed by atoms with Gasteiger partial charge in [0, 0.05) is 19.2 Å². The molecule has 8 heteroatoms. The highest BCUT2D eigenvalue weighted by atomic mass is 19.1. The van der Waals surface area contributed by atoms with E-state index in [9.17, 15) is 19.3 Å². The van der Waals surface area contributed by atoms with Crippen LogP contribution < -0.4 is 5.32 Å². The summed E-state index contributed by atoms with van der Waals surface area (Å²) in [6.45, 7) is 3.62. The van der Waals surface area contributed by atoms with Crippen molar-refractivity contribution < 1.29 is 18.8 Å². The molecule has 0 radical (unpaired) electrons. The molecule has 1 aliphatic rings. The zero-order chi connectivity index (χ0) is 15.4. The molecule has 7 nitrogen and oxygen atoms in total. The van der Waals surface area contributed by atoms with Gasteiger partial charge in [-0.25, -0.2) is 4.39 Å². The third-order valence-corrected chi connectivity index (χ3v) is 3.23. The number of rotatable bonds is 4. The maximum atomic E-state index is 13.8. The van der Waals surface area contributed by atoms with Crippen LogP contribution in [0.15, 0.2) is 18.2 Å². The van der Waals surface area contributed by atoms with E-state index in [0.29, 0.717) is 26.3 Å². The van der Waals surface area contributed by atoms with E-state index < -0.39 is 16.8 Å². The number of hydrogen-bond donors (Lipinski definition) is 1. The Morgan fingerprint density at radius 3 is 2.71 bits per heavy atom. The van der Waals surface area contributed by atoms with Crippen molar-refractivity contribution in [2.75, 3.05) is 31.6 Å². The van der Waals surface area contributed by atoms with Gasteiger partial charge in [0.2, 0.25) is 5.91 Å². The van der Waals surface area contributed by atoms with Crippen molar-refractivity contribution >= 4 is 17.3 Å². The molecule has 21 heavy (non-hydrogen) atoms. The summed E-state index contributed by atoms with van der Waals surface area (Å²) >= 11 is 0. The highest BCUT2D eigenvalue weighted by molar-refractivity contribution is 5.84. The number of hydrogen-bond acceptors (Lipinski definition) is 5. The molecule has 0 spiro atoms. The minimum Gasteiger partial charge on any atom is -0.378 e. The standard InChI is InChI=1S/C13H16FN3O4/c1-9(13(18)16-4-6-21-7-5-16)15-12-3-2-10(17(19)20)8-11(12)14/h2-3,8-9,15H,4-7H2,1H3. The van der Waals surface area contributed by atoms with Gasteiger partial charge in [0.15, 0.2) is 5.82 Å². The van der Waals surface area contributed by atoms with E-state index in [2.05, 4.69) is 5.32 Å². The Bertz CT molecular complexity index is 546. The predicted octanol–water partition coefficient (Wildman–Crippen LogP) is 1.39. The van der Waals surface area contributed by atoms with Crippen LogP contribution in [-0.4, -0.2) is 48.1 Å². The van der Waals surface area contributed by atoms with Crippen LogP contribution in [0.2, 0.25) is 0 Å². The Morgan fingerprint density at radius 1 is 1.48 bits per heavy atom. The van der Waals surface area contributed by atoms with E-state index in [1.165, 1.54) is 12.1 Å². The molecule has 1 aliphatic heterocycles. The van der Waals surface area contributed by atoms with Crippen LogP contribution in [0.5, 0.6) is 0 Å². The number of ether oxygens (including phenoxy) is 1. The quantitative estimate of drug-likeness (QED) is 0.670. The summed E-state index contributed by atoms with van der Waals surface area (Å²) in [4.78, 5) is 23.7. The molecule has 1 fully saturated rings. The Kier molecular flexibility index (Phi) is 4.69. The number of nitro groups is 1. The van der Waals surface area contributed by atoms with Crippen molar-refractivity contribution in [3.63, 3.8) is 0 Å². The first kappa shape index (κ1) is 15.2. The molecular weight excluding hydrogens is 281 g/mol. The van der Waals surface area contributed by atoms with E-state index in [-0.39, 0.29) is 17.3 Å². The number of halogens is 1. The normalized spacial score (nSPS) is 16.4. The van der Waals surface area contributed by atoms with Gasteiger partial charge in [-0.1, -0.05) is 0 Å². The molecule has 0 aromatic heterocycles. The molecule has 0 saturated carbocycles. The van der Waals surface area contributed by atoms with Crippen molar-refractivity contribution in [1.82, 2.24) is 4.90 Å². The van der Waals surface area contributed by atoms with Gasteiger partial charge in [-0.15, -0.1) is 0 Å². The van der Waals surface area contributed by atoms with Gasteiger partial charge < -0.3 is 15.0 Å². The second-order valence-electron chi connectivity index (χ2n) is 4.72. The van der Waals surface area contributed by atoms with E-state index in [1.807, 2.05) is 0 Å². The molecule has 1 heterocycles. The first-order chi connectivity index (χ1) is 9.99. The lowest BCUT2D eigenvalue weighted by Gasteiger charge is -2.29. The molecule has 1 aromatic rings. The smallest absolute Gasteiger partial charge is 0.272 e. The van der Waals surface area contributed by atoms with Gasteiger partial charge in [-0.3, -0.25) is 14.9 Å². The van der Waals surface area contributed by atoms with Gasteiger partial charge in [-0.2, -0.15) is 0 Å². The molecule has 1 unspecified atom stereocenters. The maximum absolute atomic E-state index is 13.8. The first-order valence-electron chi connectivity index (χ1n) is 6.56. The second kappa shape index (κ2) is 6.49. The number of carbonyl (C=O) groups excluding carboxylic acids is 1. The Hall–Kier alpha value is -2.22. The van der Waals surface area contributed by atoms with E-state index >= 15 is 0 Å². The highest BCUT2D eigenvalue weighted by Gasteiger charge is 2.23. The fourth-order valence-corrected chi connectivity index (χ4v) is 2.09. The van der Waals surface area contributed by atoms with Crippen LogP contribution in [0.3, 0.4) is 0 Å². The molecule has 0 aliphatic carbocycles. The summed E-state index contributed by atoms with van der Waals surface area (Å²) in [6, 6.07) is 2.65. The Balaban J connectivity index is 2.03. The number of benzene rings is 1. The van der Waals surface area contributed by atoms with Gasteiger partial charge in [-0.05, 0) is 13.0 Å². The van der Waals surface area contributed by atoms with Crippen molar-refractivity contribution in [2.45, 2.75) is 13.0 Å². The molecule has 1 atom stereocenters. The summed E-state index contributed by atoms with van der Waals surface area (Å²) in [5, 5.41) is 13.3. The first-order valence-corrected chi connectivity index (χ1v) is 6.56. The number of morpholine rings is 1. The average Bonchev–Trinajstić information content (AvgIpc) is 2.49. The monoisotopic (exact) mass is 297 g/mol. The van der Waals surface area contributed by atoms with Crippen LogP contribution in [0.4, 0.5) is 15.8 Å². The predicted molar refractivity (Wildman–Crippen MR) is 73.5 cm³/mol. The molecule has 0 bridgehead atoms. The van der Waals surface area contributed by atoms with Crippen LogP contribution in [0, 0.1) is 15.9 Å². The van der Waals surface area contributed by atoms with Crippen LogP contribution in [0.1, 0.15) is 6.92 Å². The Morgan fingerprint density at radius 2 is 2.14 bits per heavy atom. The molecule has 1 aromatic carbocycles. The molecule has 114 valence electrons. The number of anilines is 1. The SMILES string of the molecule is CC(Nc1ccc([N+](=O)[O-])cc1F)C(=O)N1CCOCC1. The number of amides is 1. The van der Waals surface area contributed by atoms with Crippen molar-refractivity contribution in [3.8, 4) is 0 Å². The summed E-state index contributed by atoms with van der Waals surface area (Å²) in [6.07, 6.45) is 0. The number of nitrogens with zero attached hydrogens (tertiary/aromatic N) is 2. The molecule has 1 saturated heterocycles. The van der Waals surface area contributed by atoms with Crippen molar-refractivity contribution in [1.29, 1.82) is 0 Å². The molecule has 2 rings (SSSR count). The molecule has 1 amide bonds.